The van der Waals surface area contributed by atoms with Gasteiger partial charge in [0.2, 0.25) is 0 Å². The van der Waals surface area contributed by atoms with E-state index in [-0.39, 0.29) is 11.9 Å². The summed E-state index contributed by atoms with van der Waals surface area (Å²) in [6, 6.07) is 3.91. The quantitative estimate of drug-likeness (QED) is 0.729. The lowest BCUT2D eigenvalue weighted by atomic mass is 10.1. The Hall–Kier alpha value is -2.76. The Morgan fingerprint density at radius 3 is 3.00 bits per heavy atom. The van der Waals surface area contributed by atoms with Crippen molar-refractivity contribution in [3.63, 3.8) is 0 Å². The first-order chi connectivity index (χ1) is 11.2. The molecule has 1 unspecified atom stereocenters. The fourth-order valence-electron chi connectivity index (χ4n) is 3.15. The highest BCUT2D eigenvalue weighted by molar-refractivity contribution is 5.93. The summed E-state index contributed by atoms with van der Waals surface area (Å²) in [5.74, 6) is -0.0421. The van der Waals surface area contributed by atoms with Crippen LogP contribution in [-0.4, -0.2) is 36.7 Å². The predicted octanol–water partition coefficient (Wildman–Crippen LogP) is 2.41. The molecule has 6 nitrogen and oxygen atoms in total. The van der Waals surface area contributed by atoms with E-state index >= 15 is 0 Å². The summed E-state index contributed by atoms with van der Waals surface area (Å²) in [7, 11) is 0. The number of likely N-dealkylation sites (tertiary alicyclic amines) is 1. The second kappa shape index (κ2) is 5.46. The number of carbonyl (C=O) groups is 1. The van der Waals surface area contributed by atoms with Gasteiger partial charge in [0.05, 0.1) is 17.9 Å². The van der Waals surface area contributed by atoms with Crippen LogP contribution in [0.4, 0.5) is 0 Å². The van der Waals surface area contributed by atoms with Crippen molar-refractivity contribution in [2.45, 2.75) is 25.8 Å². The highest BCUT2D eigenvalue weighted by Crippen LogP contribution is 2.31. The minimum absolute atomic E-state index is 0.0113. The molecule has 0 radical (unpaired) electrons. The zero-order chi connectivity index (χ0) is 15.8. The Labute approximate surface area is 133 Å². The van der Waals surface area contributed by atoms with Crippen LogP contribution < -0.4 is 0 Å². The number of pyridine rings is 1. The van der Waals surface area contributed by atoms with E-state index in [1.165, 1.54) is 0 Å². The van der Waals surface area contributed by atoms with Crippen LogP contribution in [0.2, 0.25) is 0 Å². The van der Waals surface area contributed by atoms with Crippen LogP contribution in [0.15, 0.2) is 43.1 Å². The van der Waals surface area contributed by atoms with Gasteiger partial charge < -0.3 is 9.30 Å². The van der Waals surface area contributed by atoms with Gasteiger partial charge in [-0.15, -0.1) is 0 Å². The third-order valence-corrected chi connectivity index (χ3v) is 4.26. The maximum Gasteiger partial charge on any atom is 0.274 e. The van der Waals surface area contributed by atoms with E-state index in [0.717, 1.165) is 36.3 Å². The van der Waals surface area contributed by atoms with E-state index in [1.54, 1.807) is 24.8 Å². The molecule has 6 heteroatoms. The van der Waals surface area contributed by atoms with Crippen molar-refractivity contribution in [1.82, 2.24) is 24.3 Å². The summed E-state index contributed by atoms with van der Waals surface area (Å²) in [6.45, 7) is 2.75. The third kappa shape index (κ3) is 2.46. The highest BCUT2D eigenvalue weighted by atomic mass is 16.2. The van der Waals surface area contributed by atoms with Crippen molar-refractivity contribution in [2.24, 2.45) is 0 Å². The van der Waals surface area contributed by atoms with Crippen molar-refractivity contribution in [1.29, 1.82) is 0 Å². The molecule has 0 N–H and O–H groups in total. The van der Waals surface area contributed by atoms with Crippen LogP contribution in [0.25, 0.3) is 5.65 Å². The lowest BCUT2D eigenvalue weighted by molar-refractivity contribution is 0.0727. The molecule has 1 aliphatic rings. The van der Waals surface area contributed by atoms with E-state index in [1.807, 2.05) is 34.6 Å². The number of nitrogens with zero attached hydrogens (tertiary/aromatic N) is 5. The van der Waals surface area contributed by atoms with E-state index in [4.69, 9.17) is 0 Å². The fourth-order valence-corrected chi connectivity index (χ4v) is 3.15. The summed E-state index contributed by atoms with van der Waals surface area (Å²) < 4.78 is 1.90. The van der Waals surface area contributed by atoms with Crippen LogP contribution in [0.5, 0.6) is 0 Å². The lowest BCUT2D eigenvalue weighted by Gasteiger charge is -2.23. The second-order valence-electron chi connectivity index (χ2n) is 5.88. The molecule has 0 aliphatic carbocycles. The number of hydrogen-bond donors (Lipinski definition) is 0. The first-order valence-electron chi connectivity index (χ1n) is 7.74. The third-order valence-electron chi connectivity index (χ3n) is 4.26. The molecule has 0 spiro atoms. The number of imidazole rings is 1. The number of aromatic nitrogens is 4. The molecular formula is C17H17N5O. The van der Waals surface area contributed by atoms with Crippen molar-refractivity contribution in [3.8, 4) is 0 Å². The fraction of sp³-hybridized carbons (Fsp3) is 0.294. The van der Waals surface area contributed by atoms with Gasteiger partial charge in [-0.25, -0.2) is 4.98 Å². The highest BCUT2D eigenvalue weighted by Gasteiger charge is 2.32. The molecule has 1 amide bonds. The summed E-state index contributed by atoms with van der Waals surface area (Å²) in [6.07, 6.45) is 10.7. The van der Waals surface area contributed by atoms with E-state index in [2.05, 4.69) is 15.0 Å². The van der Waals surface area contributed by atoms with Gasteiger partial charge in [-0.3, -0.25) is 14.8 Å². The Balaban J connectivity index is 1.66. The summed E-state index contributed by atoms with van der Waals surface area (Å²) >= 11 is 0. The Bertz CT molecular complexity index is 858. The molecule has 1 aliphatic heterocycles. The molecule has 0 saturated carbocycles. The molecule has 23 heavy (non-hydrogen) atoms. The van der Waals surface area contributed by atoms with Crippen LogP contribution in [0.1, 0.15) is 40.6 Å². The molecule has 3 aromatic heterocycles. The Morgan fingerprint density at radius 2 is 2.17 bits per heavy atom. The number of aryl methyl sites for hydroxylation is 1. The monoisotopic (exact) mass is 307 g/mol. The topological polar surface area (TPSA) is 63.4 Å². The van der Waals surface area contributed by atoms with Gasteiger partial charge in [-0.2, -0.15) is 0 Å². The zero-order valence-corrected chi connectivity index (χ0v) is 12.9. The maximum atomic E-state index is 12.9. The molecule has 1 atom stereocenters. The van der Waals surface area contributed by atoms with Gasteiger partial charge in [-0.1, -0.05) is 6.07 Å². The van der Waals surface area contributed by atoms with E-state index in [9.17, 15) is 4.79 Å². The number of carbonyl (C=O) groups excluding carboxylic acids is 1. The molecular weight excluding hydrogens is 290 g/mol. The van der Waals surface area contributed by atoms with Crippen LogP contribution in [0, 0.1) is 6.92 Å². The van der Waals surface area contributed by atoms with Gasteiger partial charge in [0.25, 0.3) is 5.91 Å². The lowest BCUT2D eigenvalue weighted by Crippen LogP contribution is -2.31. The summed E-state index contributed by atoms with van der Waals surface area (Å²) in [5, 5.41) is 0. The van der Waals surface area contributed by atoms with Gasteiger partial charge >= 0.3 is 0 Å². The summed E-state index contributed by atoms with van der Waals surface area (Å²) in [4.78, 5) is 27.7. The number of fused-ring (bicyclic) bond motifs is 1. The molecule has 4 heterocycles. The molecule has 1 saturated heterocycles. The molecule has 3 aromatic rings. The van der Waals surface area contributed by atoms with Crippen molar-refractivity contribution in [3.05, 3.63) is 60.1 Å². The molecule has 0 aromatic carbocycles. The number of amides is 1. The number of rotatable bonds is 2. The average molecular weight is 307 g/mol. The first kappa shape index (κ1) is 13.9. The normalized spacial score (nSPS) is 17.8. The van der Waals surface area contributed by atoms with Crippen LogP contribution in [-0.2, 0) is 0 Å². The first-order valence-corrected chi connectivity index (χ1v) is 7.74. The minimum atomic E-state index is -0.0421. The zero-order valence-electron chi connectivity index (χ0n) is 12.9. The van der Waals surface area contributed by atoms with Gasteiger partial charge in [-0.05, 0) is 31.4 Å². The number of hydrogen-bond acceptors (Lipinski definition) is 4. The molecule has 4 rings (SSSR count). The van der Waals surface area contributed by atoms with Gasteiger partial charge in [0.15, 0.2) is 0 Å². The van der Waals surface area contributed by atoms with Crippen LogP contribution >= 0.6 is 0 Å². The smallest absolute Gasteiger partial charge is 0.274 e. The molecule has 1 fully saturated rings. The van der Waals surface area contributed by atoms with Gasteiger partial charge in [0, 0.05) is 31.3 Å². The van der Waals surface area contributed by atoms with E-state index < -0.39 is 0 Å². The van der Waals surface area contributed by atoms with Crippen molar-refractivity contribution in [2.75, 3.05) is 6.54 Å². The van der Waals surface area contributed by atoms with Crippen molar-refractivity contribution >= 4 is 11.6 Å². The Morgan fingerprint density at radius 1 is 1.26 bits per heavy atom. The standard InChI is InChI=1S/C17H17N5O/c1-12-4-5-16-20-14(11-21(16)10-12)17(23)22-8-2-3-15(22)13-9-18-6-7-19-13/h4-7,9-11,15H,2-3,8H2,1H3. The maximum absolute atomic E-state index is 12.9. The second-order valence-corrected chi connectivity index (χ2v) is 5.88. The SMILES string of the molecule is Cc1ccc2nc(C(=O)N3CCCC3c3cnccn3)cn2c1. The largest absolute Gasteiger partial charge is 0.329 e. The predicted molar refractivity (Wildman–Crippen MR) is 85.0 cm³/mol. The summed E-state index contributed by atoms with van der Waals surface area (Å²) in [5.41, 5.74) is 3.24. The van der Waals surface area contributed by atoms with Crippen LogP contribution in [0.3, 0.4) is 0 Å². The van der Waals surface area contributed by atoms with Crippen molar-refractivity contribution < 1.29 is 4.79 Å². The average Bonchev–Trinajstić information content (AvgIpc) is 3.21. The van der Waals surface area contributed by atoms with Gasteiger partial charge in [0.1, 0.15) is 11.3 Å². The molecule has 0 bridgehead atoms. The van der Waals surface area contributed by atoms with E-state index in [0.29, 0.717) is 5.69 Å². The Kier molecular flexibility index (Phi) is 3.29. The minimum Gasteiger partial charge on any atom is -0.329 e. The molecule has 116 valence electrons.